The van der Waals surface area contributed by atoms with Gasteiger partial charge in [0.1, 0.15) is 11.5 Å². The summed E-state index contributed by atoms with van der Waals surface area (Å²) in [4.78, 5) is 46.5. The zero-order valence-corrected chi connectivity index (χ0v) is 23.6. The van der Waals surface area contributed by atoms with Crippen molar-refractivity contribution >= 4 is 52.1 Å². The molecule has 0 N–H and O–H groups in total. The molecule has 40 heavy (non-hydrogen) atoms. The molecular weight excluding hydrogens is 538 g/mol. The van der Waals surface area contributed by atoms with Gasteiger partial charge < -0.3 is 4.90 Å². The second-order valence-corrected chi connectivity index (χ2v) is 12.5. The van der Waals surface area contributed by atoms with Gasteiger partial charge in [0.2, 0.25) is 0 Å². The number of ketones is 3. The van der Waals surface area contributed by atoms with E-state index in [0.717, 1.165) is 22.4 Å². The first-order valence-electron chi connectivity index (χ1n) is 13.5. The van der Waals surface area contributed by atoms with Crippen LogP contribution < -0.4 is 4.90 Å². The van der Waals surface area contributed by atoms with Crippen LogP contribution >= 0.6 is 22.9 Å². The summed E-state index contributed by atoms with van der Waals surface area (Å²) < 4.78 is 0. The Morgan fingerprint density at radius 3 is 2.25 bits per heavy atom. The number of rotatable bonds is 4. The Bertz CT molecular complexity index is 1690. The zero-order chi connectivity index (χ0) is 27.8. The average molecular weight is 564 g/mol. The van der Waals surface area contributed by atoms with Crippen LogP contribution in [0.3, 0.4) is 0 Å². The minimum atomic E-state index is -1.49. The van der Waals surface area contributed by atoms with Crippen molar-refractivity contribution in [3.05, 3.63) is 128 Å². The van der Waals surface area contributed by atoms with E-state index in [1.807, 2.05) is 58.8 Å². The number of anilines is 1. The Morgan fingerprint density at radius 1 is 0.925 bits per heavy atom. The average Bonchev–Trinajstić information content (AvgIpc) is 3.66. The molecule has 1 aliphatic carbocycles. The molecule has 3 heterocycles. The van der Waals surface area contributed by atoms with Gasteiger partial charge in [-0.15, -0.1) is 11.3 Å². The predicted octanol–water partition coefficient (Wildman–Crippen LogP) is 7.84. The highest BCUT2D eigenvalue weighted by Gasteiger charge is 2.71. The Hall–Kier alpha value is -3.80. The summed E-state index contributed by atoms with van der Waals surface area (Å²) in [5.74, 6) is -0.913. The molecule has 0 bridgehead atoms. The number of thiophene rings is 1. The van der Waals surface area contributed by atoms with E-state index in [9.17, 15) is 14.4 Å². The van der Waals surface area contributed by atoms with Crippen LogP contribution in [0.1, 0.15) is 72.8 Å². The van der Waals surface area contributed by atoms with Crippen LogP contribution in [0.4, 0.5) is 5.69 Å². The van der Waals surface area contributed by atoms with Crippen molar-refractivity contribution in [2.75, 3.05) is 4.90 Å². The number of Topliss-reactive ketones (excluding diaryl/α,β-unsaturated/α-hetero) is 3. The minimum absolute atomic E-state index is 0.0948. The summed E-state index contributed by atoms with van der Waals surface area (Å²) in [5.41, 5.74) is 2.98. The third-order valence-corrected chi connectivity index (χ3v) is 9.88. The molecule has 2 aliphatic heterocycles. The zero-order valence-electron chi connectivity index (χ0n) is 22.0. The van der Waals surface area contributed by atoms with Crippen LogP contribution in [0.2, 0.25) is 5.02 Å². The fourth-order valence-corrected chi connectivity index (χ4v) is 7.85. The van der Waals surface area contributed by atoms with Gasteiger partial charge in [-0.05, 0) is 52.3 Å². The molecule has 4 aromatic rings. The van der Waals surface area contributed by atoms with E-state index in [2.05, 4.69) is 26.0 Å². The molecule has 3 atom stereocenters. The monoisotopic (exact) mass is 563 g/mol. The van der Waals surface area contributed by atoms with E-state index in [-0.39, 0.29) is 17.3 Å². The molecule has 1 saturated heterocycles. The normalized spacial score (nSPS) is 22.1. The van der Waals surface area contributed by atoms with E-state index >= 15 is 0 Å². The molecule has 7 rings (SSSR count). The number of benzene rings is 3. The molecule has 3 unspecified atom stereocenters. The highest BCUT2D eigenvalue weighted by atomic mass is 35.5. The Labute approximate surface area is 241 Å². The fraction of sp³-hybridized carbons (Fsp3) is 0.206. The molecule has 198 valence electrons. The lowest BCUT2D eigenvalue weighted by Crippen LogP contribution is -2.48. The van der Waals surface area contributed by atoms with Gasteiger partial charge >= 0.3 is 0 Å². The summed E-state index contributed by atoms with van der Waals surface area (Å²) in [6.45, 7) is 4.26. The van der Waals surface area contributed by atoms with Gasteiger partial charge in [-0.25, -0.2) is 0 Å². The van der Waals surface area contributed by atoms with Crippen LogP contribution in [0.15, 0.2) is 90.3 Å². The lowest BCUT2D eigenvalue weighted by Gasteiger charge is -2.37. The Kier molecular flexibility index (Phi) is 5.74. The van der Waals surface area contributed by atoms with Gasteiger partial charge in [-0.2, -0.15) is 0 Å². The van der Waals surface area contributed by atoms with E-state index in [4.69, 9.17) is 11.6 Å². The van der Waals surface area contributed by atoms with Crippen molar-refractivity contribution in [1.82, 2.24) is 0 Å². The first kappa shape index (κ1) is 25.2. The van der Waals surface area contributed by atoms with Crippen molar-refractivity contribution in [3.63, 3.8) is 0 Å². The molecule has 1 fully saturated rings. The molecule has 3 aromatic carbocycles. The summed E-state index contributed by atoms with van der Waals surface area (Å²) in [6, 6.07) is 23.0. The Morgan fingerprint density at radius 2 is 1.62 bits per heavy atom. The SMILES string of the molecule is CC(C)c1ccc(C2C(C(=O)c3cccs3)N3c4ccc(Cl)cc4C=CC3C23C(=O)c2ccccc2C3=O)cc1. The number of nitrogens with zero attached hydrogens (tertiary/aromatic N) is 1. The maximum atomic E-state index is 14.7. The highest BCUT2D eigenvalue weighted by Crippen LogP contribution is 2.61. The number of carbonyl (C=O) groups excluding carboxylic acids is 3. The summed E-state index contributed by atoms with van der Waals surface area (Å²) >= 11 is 7.75. The van der Waals surface area contributed by atoms with E-state index in [0.29, 0.717) is 26.9 Å². The number of carbonyl (C=O) groups is 3. The molecular formula is C34H26ClNO3S. The van der Waals surface area contributed by atoms with Crippen molar-refractivity contribution < 1.29 is 14.4 Å². The van der Waals surface area contributed by atoms with Crippen molar-refractivity contribution in [1.29, 1.82) is 0 Å². The first-order chi connectivity index (χ1) is 19.3. The second kappa shape index (κ2) is 9.12. The maximum Gasteiger partial charge on any atom is 0.195 e. The van der Waals surface area contributed by atoms with E-state index < -0.39 is 23.4 Å². The summed E-state index contributed by atoms with van der Waals surface area (Å²) in [7, 11) is 0. The quantitative estimate of drug-likeness (QED) is 0.187. The van der Waals surface area contributed by atoms with Crippen LogP contribution in [-0.4, -0.2) is 29.4 Å². The smallest absolute Gasteiger partial charge is 0.195 e. The van der Waals surface area contributed by atoms with Crippen LogP contribution in [-0.2, 0) is 0 Å². The molecule has 6 heteroatoms. The van der Waals surface area contributed by atoms with Crippen molar-refractivity contribution in [2.24, 2.45) is 5.41 Å². The van der Waals surface area contributed by atoms with Gasteiger partial charge in [0, 0.05) is 27.8 Å². The molecule has 0 radical (unpaired) electrons. The Balaban J connectivity index is 1.54. The van der Waals surface area contributed by atoms with E-state index in [1.54, 1.807) is 30.3 Å². The lowest BCUT2D eigenvalue weighted by atomic mass is 9.64. The van der Waals surface area contributed by atoms with Crippen LogP contribution in [0, 0.1) is 5.41 Å². The molecule has 3 aliphatic rings. The number of fused-ring (bicyclic) bond motifs is 5. The molecule has 1 aromatic heterocycles. The molecule has 1 spiro atoms. The van der Waals surface area contributed by atoms with Gasteiger partial charge in [-0.3, -0.25) is 14.4 Å². The lowest BCUT2D eigenvalue weighted by molar-refractivity contribution is 0.0666. The fourth-order valence-electron chi connectivity index (χ4n) is 6.97. The standard InChI is InChI=1S/C34H26ClNO3S/c1-19(2)20-9-11-21(12-10-20)29-30(31(37)27-8-5-17-40-27)36-26-15-14-23(35)18-22(26)13-16-28(36)34(29)32(38)24-6-3-4-7-25(24)33(34)39/h3-19,28-30H,1-2H3. The molecule has 0 amide bonds. The second-order valence-electron chi connectivity index (χ2n) is 11.1. The minimum Gasteiger partial charge on any atom is -0.352 e. The number of hydrogen-bond acceptors (Lipinski definition) is 5. The van der Waals surface area contributed by atoms with Gasteiger partial charge in [-0.1, -0.05) is 92.2 Å². The predicted molar refractivity (Wildman–Crippen MR) is 160 cm³/mol. The first-order valence-corrected chi connectivity index (χ1v) is 14.7. The summed E-state index contributed by atoms with van der Waals surface area (Å²) in [5, 5.41) is 2.46. The van der Waals surface area contributed by atoms with Crippen molar-refractivity contribution in [2.45, 2.75) is 37.8 Å². The van der Waals surface area contributed by atoms with E-state index in [1.165, 1.54) is 11.3 Å². The topological polar surface area (TPSA) is 54.5 Å². The highest BCUT2D eigenvalue weighted by molar-refractivity contribution is 7.12. The van der Waals surface area contributed by atoms with Crippen LogP contribution in [0.5, 0.6) is 0 Å². The van der Waals surface area contributed by atoms with Crippen molar-refractivity contribution in [3.8, 4) is 0 Å². The maximum absolute atomic E-state index is 14.7. The molecule has 0 saturated carbocycles. The summed E-state index contributed by atoms with van der Waals surface area (Å²) in [6.07, 6.45) is 3.86. The number of halogens is 1. The van der Waals surface area contributed by atoms with Gasteiger partial charge in [0.05, 0.1) is 10.9 Å². The third kappa shape index (κ3) is 3.34. The molecule has 4 nitrogen and oxygen atoms in total. The third-order valence-electron chi connectivity index (χ3n) is 8.76. The van der Waals surface area contributed by atoms with Crippen LogP contribution in [0.25, 0.3) is 6.08 Å². The number of hydrogen-bond donors (Lipinski definition) is 0. The largest absolute Gasteiger partial charge is 0.352 e. The van der Waals surface area contributed by atoms with Gasteiger partial charge in [0.25, 0.3) is 0 Å². The van der Waals surface area contributed by atoms with Gasteiger partial charge in [0.15, 0.2) is 17.3 Å².